The molecule has 0 amide bonds. The fourth-order valence-corrected chi connectivity index (χ4v) is 17.2. The number of aromatic nitrogens is 8. The number of aryl methyl sites for hydroxylation is 2. The highest BCUT2D eigenvalue weighted by atomic mass is 79.9. The molecule has 4 fully saturated rings. The summed E-state index contributed by atoms with van der Waals surface area (Å²) in [6.45, 7) is 22.0. The Morgan fingerprint density at radius 3 is 1.21 bits per heavy atom. The molecule has 8 aliphatic rings. The van der Waals surface area contributed by atoms with Crippen LogP contribution in [0.1, 0.15) is 122 Å². The van der Waals surface area contributed by atoms with Gasteiger partial charge < -0.3 is 83.1 Å². The molecule has 8 heterocycles. The maximum absolute atomic E-state index is 15.1. The number of nitrogens with one attached hydrogen (secondary N) is 1. The number of carboxylic acids is 2. The van der Waals surface area contributed by atoms with Crippen molar-refractivity contribution in [3.05, 3.63) is 229 Å². The summed E-state index contributed by atoms with van der Waals surface area (Å²) in [6.07, 6.45) is 23.1. The monoisotopic (exact) mass is 1960 g/mol. The average Bonchev–Trinajstić information content (AvgIpc) is 1.61. The van der Waals surface area contributed by atoms with E-state index in [0.29, 0.717) is 95.2 Å². The number of aliphatic hydroxyl groups is 1. The number of halogens is 7. The van der Waals surface area contributed by atoms with Crippen molar-refractivity contribution in [1.29, 1.82) is 0 Å². The first-order valence-corrected chi connectivity index (χ1v) is 45.6. The van der Waals surface area contributed by atoms with Crippen LogP contribution in [0.3, 0.4) is 0 Å². The molecule has 12 aromatic rings. The lowest BCUT2D eigenvalue weighted by Gasteiger charge is -2.47. The molecule has 0 radical (unpaired) electrons. The van der Waals surface area contributed by atoms with Crippen molar-refractivity contribution in [2.45, 2.75) is 106 Å². The Balaban J connectivity index is 0.000000149. The molecule has 4 aliphatic carbocycles. The van der Waals surface area contributed by atoms with Crippen molar-refractivity contribution < 1.29 is 100 Å². The summed E-state index contributed by atoms with van der Waals surface area (Å²) in [5.74, 6) is -0.714. The quantitative estimate of drug-likeness (QED) is 0.0162. The van der Waals surface area contributed by atoms with Gasteiger partial charge in [0.25, 0.3) is 0 Å². The van der Waals surface area contributed by atoms with Crippen LogP contribution < -0.4 is 43.2 Å². The average molecular weight is 1960 g/mol. The van der Waals surface area contributed by atoms with Crippen molar-refractivity contribution >= 4 is 119 Å². The topological polar surface area (TPSA) is 346 Å². The summed E-state index contributed by atoms with van der Waals surface area (Å²) in [4.78, 5) is 54.1. The fourth-order valence-electron chi connectivity index (χ4n) is 16.3. The molecule has 0 unspecified atom stereocenters. The zero-order valence-electron chi connectivity index (χ0n) is 76.7. The molecule has 0 atom stereocenters. The molecule has 4 aromatic heterocycles. The van der Waals surface area contributed by atoms with E-state index >= 15 is 4.39 Å². The number of carboxylic acid groups (broad SMARTS) is 2. The molecule has 712 valence electrons. The predicted octanol–water partition coefficient (Wildman–Crippen LogP) is 20.7. The number of aliphatic carboxylic acids is 2. The number of fused-ring (bicyclic) bond motifs is 8. The van der Waals surface area contributed by atoms with Crippen molar-refractivity contribution in [2.75, 3.05) is 113 Å². The van der Waals surface area contributed by atoms with E-state index in [4.69, 9.17) is 101 Å². The second kappa shape index (κ2) is 47.2. The van der Waals surface area contributed by atoms with Crippen molar-refractivity contribution in [2.24, 2.45) is 10.8 Å². The molecule has 4 aliphatic heterocycles. The molecule has 8 aromatic carbocycles. The minimum Gasteiger partial charge on any atom is -0.505 e. The number of alkyl halides is 2. The van der Waals surface area contributed by atoms with Crippen LogP contribution in [0.4, 0.5) is 17.6 Å². The van der Waals surface area contributed by atoms with Gasteiger partial charge in [-0.05, 0) is 226 Å². The van der Waals surface area contributed by atoms with Gasteiger partial charge in [0.2, 0.25) is 17.6 Å². The number of aliphatic hydroxyl groups excluding tert-OH is 1. The number of likely N-dealkylation sites (tertiary alicyclic amines) is 1. The molecule has 20 rings (SSSR count). The number of hydrogen-bond donors (Lipinski definition) is 6. The van der Waals surface area contributed by atoms with E-state index in [0.717, 1.165) is 181 Å². The summed E-state index contributed by atoms with van der Waals surface area (Å²) in [7, 11) is 7.28. The molecule has 34 heteroatoms. The first-order valence-electron chi connectivity index (χ1n) is 43.5. The summed E-state index contributed by atoms with van der Waals surface area (Å²) in [6, 6.07) is 27.9. The standard InChI is InChI=1S/C29H32FN3O4.C20H17FN2O2.C19H15FN2O3.C10H9ClN2O.C10H9FO.C7H13NO.C3H6BrCl.C2H2O4.CH4O/c1-19-12-20-4-5-24(27(30)21(20)13-19)37-28-22-14-25(34-2)26(15-23(22)31-18-32-28)36-11-3-8-33-9-6-29(7-10-33)16-35-17-29;1-11-6-13-4-5-17(19(21)14(13)7-11)25-20-15-9-18(24-3)12(2)8-16(15)22-10-23-20;1-10-5-11-3-4-16(18(20)12(11)6-10)25-19-13-7-17(24-2)15(23)8-14(13)21-9-22-19;1-6-3-8-7(4-9(6)14-2)10(11)13-5-12-8;1-6-4-7-2-3-9(12)10(11)8(7)5-6;1-3-8-4-2-7(1)5-9-6-7;4-2-1-3-5;3-1(4)2(5)6;1-2/h4-5,13-15,18H,3,6-12,16-17H2,1-2H3;4-5,7-10H,6H2,1-3H3;3-4,6-9,23H,5H2,1-2H3;3-5H,1-2H3;2-3,5,12H,4H2,1H3;8H,1-6H2;1-3H2;(H,3,4)(H,5,6);2H,1H3. The molecule has 27 nitrogen and oxygen atoms in total. The summed E-state index contributed by atoms with van der Waals surface area (Å²) in [5.41, 5.74) is 16.4. The number of rotatable bonds is 17. The lowest BCUT2D eigenvalue weighted by molar-refractivity contribution is -0.159. The van der Waals surface area contributed by atoms with Crippen LogP contribution in [-0.2, 0) is 44.7 Å². The Morgan fingerprint density at radius 2 is 0.822 bits per heavy atom. The number of benzene rings is 8. The lowest BCUT2D eigenvalue weighted by Crippen LogP contribution is -2.51. The van der Waals surface area contributed by atoms with Gasteiger partial charge in [-0.2, -0.15) is 0 Å². The molecule has 4 saturated heterocycles. The minimum atomic E-state index is -1.82. The Bertz CT molecular complexity index is 6250. The lowest BCUT2D eigenvalue weighted by atomic mass is 9.77. The predicted molar refractivity (Wildman–Crippen MR) is 514 cm³/mol. The molecular formula is C101H107BrCl2F4N10O17. The van der Waals surface area contributed by atoms with Gasteiger partial charge in [0.05, 0.1) is 99.7 Å². The van der Waals surface area contributed by atoms with Crippen LogP contribution in [0.2, 0.25) is 5.15 Å². The van der Waals surface area contributed by atoms with Gasteiger partial charge in [-0.3, -0.25) is 0 Å². The number of methoxy groups -OCH3 is 4. The van der Waals surface area contributed by atoms with Crippen LogP contribution in [0, 0.1) is 47.9 Å². The zero-order chi connectivity index (χ0) is 96.8. The number of nitrogens with zero attached hydrogens (tertiary/aromatic N) is 9. The van der Waals surface area contributed by atoms with Gasteiger partial charge in [-0.25, -0.2) is 67.0 Å². The van der Waals surface area contributed by atoms with Crippen LogP contribution in [0.5, 0.6) is 75.1 Å². The second-order valence-corrected chi connectivity index (χ2v) is 34.9. The van der Waals surface area contributed by atoms with E-state index in [1.807, 2.05) is 108 Å². The Kier molecular flexibility index (Phi) is 35.5. The third-order valence-corrected chi connectivity index (χ3v) is 24.7. The van der Waals surface area contributed by atoms with Crippen LogP contribution in [0.25, 0.3) is 67.9 Å². The molecule has 0 saturated carbocycles. The van der Waals surface area contributed by atoms with E-state index in [1.165, 1.54) is 83.3 Å². The van der Waals surface area contributed by atoms with Gasteiger partial charge in [-0.15, -0.1) is 11.6 Å². The number of ether oxygens (including phenoxy) is 10. The maximum Gasteiger partial charge on any atom is 0.414 e. The van der Waals surface area contributed by atoms with Gasteiger partial charge in [0.1, 0.15) is 42.0 Å². The van der Waals surface area contributed by atoms with Crippen molar-refractivity contribution in [3.63, 3.8) is 0 Å². The van der Waals surface area contributed by atoms with Crippen LogP contribution in [-0.4, -0.2) is 195 Å². The zero-order valence-corrected chi connectivity index (χ0v) is 79.8. The summed E-state index contributed by atoms with van der Waals surface area (Å²) < 4.78 is 113. The van der Waals surface area contributed by atoms with Crippen molar-refractivity contribution in [3.8, 4) is 75.1 Å². The number of allylic oxidation sites excluding steroid dienone is 4. The number of phenols is 2. The molecular weight excluding hydrogens is 1850 g/mol. The third kappa shape index (κ3) is 25.2. The Morgan fingerprint density at radius 1 is 0.452 bits per heavy atom. The van der Waals surface area contributed by atoms with E-state index in [2.05, 4.69) is 66.0 Å². The first kappa shape index (κ1) is 102. The largest absolute Gasteiger partial charge is 0.505 e. The first-order chi connectivity index (χ1) is 65.0. The van der Waals surface area contributed by atoms with E-state index in [1.54, 1.807) is 63.8 Å². The normalized spacial score (nSPS) is 15.0. The second-order valence-electron chi connectivity index (χ2n) is 33.4. The number of piperidine rings is 2. The van der Waals surface area contributed by atoms with Gasteiger partial charge in [0.15, 0.2) is 69.3 Å². The van der Waals surface area contributed by atoms with E-state index in [-0.39, 0.29) is 57.9 Å². The van der Waals surface area contributed by atoms with E-state index in [9.17, 15) is 18.3 Å². The fraction of sp³-hybridized carbons (Fsp3) is 0.347. The Hall–Kier alpha value is -12.4. The summed E-state index contributed by atoms with van der Waals surface area (Å²) in [5, 5.41) is 48.2. The van der Waals surface area contributed by atoms with Crippen LogP contribution in [0.15, 0.2) is 145 Å². The Labute approximate surface area is 797 Å². The highest BCUT2D eigenvalue weighted by Crippen LogP contribution is 2.45. The number of carbonyl (C=O) groups is 2. The summed E-state index contributed by atoms with van der Waals surface area (Å²) >= 11 is 14.4. The van der Waals surface area contributed by atoms with Crippen molar-refractivity contribution in [1.82, 2.24) is 50.1 Å². The molecule has 6 N–H and O–H groups in total. The number of aromatic hydroxyl groups is 2. The van der Waals surface area contributed by atoms with Gasteiger partial charge >= 0.3 is 11.9 Å². The number of hydrogen-bond acceptors (Lipinski definition) is 25. The van der Waals surface area contributed by atoms with Gasteiger partial charge in [-0.1, -0.05) is 98.4 Å². The minimum absolute atomic E-state index is 0.0380. The smallest absolute Gasteiger partial charge is 0.414 e. The highest BCUT2D eigenvalue weighted by Gasteiger charge is 2.41. The maximum atomic E-state index is 15.1. The molecule has 0 bridgehead atoms. The number of phenolic OH excluding ortho intramolecular Hbond substituents is 2. The van der Waals surface area contributed by atoms with Gasteiger partial charge in [0, 0.05) is 75.5 Å². The van der Waals surface area contributed by atoms with Crippen LogP contribution >= 0.6 is 39.1 Å². The SMILES string of the molecule is C1CC2(CCN1)COC2.CC1=Cc2c(ccc(O)c2F)C1.CO.COc1cc2c(Cl)ncnc2cc1C.COc1cc2c(Oc3ccc4c(c3F)C=C(C)C4)ncnc2cc1C.COc1cc2c(Oc3ccc4c(c3F)C=C(C)C4)ncnc2cc1O.COc1cc2c(Oc3ccc4c(c3F)C=C(C)C4)ncnc2cc1OCCCN1CCC2(CC1)COC2.ClCCCBr.O=C(O)C(=O)O. The van der Waals surface area contributed by atoms with E-state index < -0.39 is 23.6 Å². The third-order valence-electron chi connectivity index (χ3n) is 23.6. The highest BCUT2D eigenvalue weighted by molar-refractivity contribution is 9.09. The molecule has 135 heavy (non-hydrogen) atoms. The molecule has 2 spiro atoms.